The van der Waals surface area contributed by atoms with Crippen LogP contribution in [-0.2, 0) is 45.4 Å². The van der Waals surface area contributed by atoms with Crippen LogP contribution in [0.5, 0.6) is 0 Å². The molecule has 3 aliphatic rings. The molecule has 0 spiro atoms. The largest absolute Gasteiger partial charge is 0.431 e. The second-order valence-corrected chi connectivity index (χ2v) is 10.8. The van der Waals surface area contributed by atoms with Crippen LogP contribution in [-0.4, -0.2) is 63.1 Å². The quantitative estimate of drug-likeness (QED) is 0.582. The second-order valence-electron chi connectivity index (χ2n) is 8.72. The number of oxazole rings is 1. The third-order valence-corrected chi connectivity index (χ3v) is 8.46. The van der Waals surface area contributed by atoms with Crippen molar-refractivity contribution in [1.29, 1.82) is 0 Å². The molecule has 1 saturated heterocycles. The fourth-order valence-electron chi connectivity index (χ4n) is 5.01. The lowest BCUT2D eigenvalue weighted by atomic mass is 9.98. The highest BCUT2D eigenvalue weighted by molar-refractivity contribution is 7.87. The molecular weight excluding hydrogens is 484 g/mol. The van der Waals surface area contributed by atoms with Crippen molar-refractivity contribution >= 4 is 39.4 Å². The zero-order chi connectivity index (χ0) is 23.9. The fourth-order valence-corrected chi connectivity index (χ4v) is 6.57. The molecular formula is C22H27ClN4O6S. The normalized spacial score (nSPS) is 20.2. The summed E-state index contributed by atoms with van der Waals surface area (Å²) in [5.74, 6) is -0.863. The maximum absolute atomic E-state index is 12.7. The van der Waals surface area contributed by atoms with Crippen LogP contribution in [0.3, 0.4) is 0 Å². The minimum absolute atomic E-state index is 0.0921. The SMILES string of the molecule is COCC1CN(S(=O)(=O)NC(=O)c2coc(Nc3c4c(c(Cl)c5c3CCC5)CCC4)n2)CCO1. The number of nitrogens with zero attached hydrogens (tertiary/aromatic N) is 2. The number of methoxy groups -OCH3 is 1. The van der Waals surface area contributed by atoms with Gasteiger partial charge in [0.15, 0.2) is 5.69 Å². The number of hydrogen-bond acceptors (Lipinski definition) is 8. The number of carbonyl (C=O) groups is 1. The van der Waals surface area contributed by atoms with Gasteiger partial charge in [-0.05, 0) is 60.8 Å². The van der Waals surface area contributed by atoms with Crippen molar-refractivity contribution in [2.24, 2.45) is 0 Å². The number of ether oxygens (including phenoxy) is 2. The predicted molar refractivity (Wildman–Crippen MR) is 125 cm³/mol. The Morgan fingerprint density at radius 1 is 1.21 bits per heavy atom. The number of aromatic nitrogens is 1. The predicted octanol–water partition coefficient (Wildman–Crippen LogP) is 2.37. The lowest BCUT2D eigenvalue weighted by Gasteiger charge is -2.31. The van der Waals surface area contributed by atoms with Gasteiger partial charge in [0, 0.05) is 30.9 Å². The number of nitrogens with one attached hydrogen (secondary N) is 2. The van der Waals surface area contributed by atoms with Crippen LogP contribution >= 0.6 is 11.6 Å². The number of carbonyl (C=O) groups excluding carboxylic acids is 1. The van der Waals surface area contributed by atoms with Crippen LogP contribution in [0.15, 0.2) is 10.7 Å². The van der Waals surface area contributed by atoms with E-state index in [1.165, 1.54) is 29.4 Å². The number of morpholine rings is 1. The minimum atomic E-state index is -4.07. The van der Waals surface area contributed by atoms with Gasteiger partial charge >= 0.3 is 10.2 Å². The zero-order valence-electron chi connectivity index (χ0n) is 18.9. The molecule has 1 fully saturated rings. The van der Waals surface area contributed by atoms with Gasteiger partial charge in [-0.1, -0.05) is 11.6 Å². The van der Waals surface area contributed by atoms with Gasteiger partial charge in [0.05, 0.1) is 19.3 Å². The van der Waals surface area contributed by atoms with Crippen LogP contribution in [0.2, 0.25) is 5.02 Å². The van der Waals surface area contributed by atoms with E-state index in [0.717, 1.165) is 59.8 Å². The molecule has 1 aliphatic heterocycles. The van der Waals surface area contributed by atoms with E-state index in [2.05, 4.69) is 15.0 Å². The summed E-state index contributed by atoms with van der Waals surface area (Å²) in [4.78, 5) is 16.9. The van der Waals surface area contributed by atoms with Crippen molar-refractivity contribution in [3.8, 4) is 0 Å². The van der Waals surface area contributed by atoms with Gasteiger partial charge in [-0.25, -0.2) is 4.72 Å². The first-order chi connectivity index (χ1) is 16.4. The van der Waals surface area contributed by atoms with Crippen molar-refractivity contribution in [2.75, 3.05) is 38.7 Å². The summed E-state index contributed by atoms with van der Waals surface area (Å²) in [7, 11) is -2.56. The number of fused-ring (bicyclic) bond motifs is 2. The fraction of sp³-hybridized carbons (Fsp3) is 0.545. The molecule has 184 valence electrons. The van der Waals surface area contributed by atoms with Crippen LogP contribution in [0.4, 0.5) is 11.7 Å². The summed E-state index contributed by atoms with van der Waals surface area (Å²) < 4.78 is 44.7. The summed E-state index contributed by atoms with van der Waals surface area (Å²) in [5.41, 5.74) is 5.54. The number of anilines is 2. The molecule has 2 aliphatic carbocycles. The van der Waals surface area contributed by atoms with E-state index in [1.807, 2.05) is 0 Å². The van der Waals surface area contributed by atoms with E-state index in [-0.39, 0.29) is 38.0 Å². The van der Waals surface area contributed by atoms with Crippen molar-refractivity contribution in [3.05, 3.63) is 39.2 Å². The summed E-state index contributed by atoms with van der Waals surface area (Å²) in [6.45, 7) is 0.712. The van der Waals surface area contributed by atoms with E-state index in [0.29, 0.717) is 0 Å². The molecule has 0 radical (unpaired) electrons. The molecule has 0 bridgehead atoms. The van der Waals surface area contributed by atoms with E-state index >= 15 is 0 Å². The third-order valence-electron chi connectivity index (χ3n) is 6.55. The van der Waals surface area contributed by atoms with E-state index in [9.17, 15) is 13.2 Å². The summed E-state index contributed by atoms with van der Waals surface area (Å²) >= 11 is 6.68. The van der Waals surface area contributed by atoms with Crippen molar-refractivity contribution in [1.82, 2.24) is 14.0 Å². The highest BCUT2D eigenvalue weighted by Crippen LogP contribution is 2.44. The zero-order valence-corrected chi connectivity index (χ0v) is 20.4. The average molecular weight is 511 g/mol. The molecule has 12 heteroatoms. The first-order valence-corrected chi connectivity index (χ1v) is 13.2. The molecule has 2 N–H and O–H groups in total. The van der Waals surface area contributed by atoms with Gasteiger partial charge in [-0.3, -0.25) is 4.79 Å². The molecule has 1 aromatic carbocycles. The Morgan fingerprint density at radius 3 is 2.56 bits per heavy atom. The molecule has 10 nitrogen and oxygen atoms in total. The van der Waals surface area contributed by atoms with Crippen LogP contribution in [0, 0.1) is 0 Å². The second kappa shape index (κ2) is 9.46. The molecule has 2 heterocycles. The van der Waals surface area contributed by atoms with Gasteiger partial charge in [-0.2, -0.15) is 17.7 Å². The van der Waals surface area contributed by atoms with E-state index in [1.54, 1.807) is 0 Å². The highest BCUT2D eigenvalue weighted by atomic mass is 35.5. The van der Waals surface area contributed by atoms with Crippen LogP contribution in [0.1, 0.15) is 45.6 Å². The molecule has 1 amide bonds. The van der Waals surface area contributed by atoms with Gasteiger partial charge in [0.25, 0.3) is 11.9 Å². The molecule has 1 aromatic heterocycles. The molecule has 2 aromatic rings. The number of benzene rings is 1. The first kappa shape index (κ1) is 23.6. The van der Waals surface area contributed by atoms with Crippen LogP contribution in [0.25, 0.3) is 0 Å². The van der Waals surface area contributed by atoms with Crippen molar-refractivity contribution in [2.45, 2.75) is 44.6 Å². The van der Waals surface area contributed by atoms with Gasteiger partial charge < -0.3 is 19.2 Å². The Labute approximate surface area is 203 Å². The number of amides is 1. The monoisotopic (exact) mass is 510 g/mol. The number of halogens is 1. The van der Waals surface area contributed by atoms with Crippen molar-refractivity contribution < 1.29 is 27.1 Å². The van der Waals surface area contributed by atoms with Crippen molar-refractivity contribution in [3.63, 3.8) is 0 Å². The smallest absolute Gasteiger partial charge is 0.304 e. The Hall–Kier alpha value is -2.18. The highest BCUT2D eigenvalue weighted by Gasteiger charge is 2.32. The summed E-state index contributed by atoms with van der Waals surface area (Å²) in [6, 6.07) is 0.139. The molecule has 34 heavy (non-hydrogen) atoms. The maximum atomic E-state index is 12.7. The molecule has 0 saturated carbocycles. The lowest BCUT2D eigenvalue weighted by molar-refractivity contribution is -0.0408. The Balaban J connectivity index is 1.31. The number of rotatable bonds is 7. The molecule has 5 rings (SSSR count). The lowest BCUT2D eigenvalue weighted by Crippen LogP contribution is -2.52. The standard InChI is InChI=1S/C22H27ClN4O6S/c1-31-11-13-10-27(8-9-32-13)34(29,30)26-21(28)18-12-33-22(24-18)25-20-16-6-2-4-14(16)19(23)15-5-3-7-17(15)20/h12-13H,2-11H2,1H3,(H,24,25)(H,26,28). The topological polar surface area (TPSA) is 123 Å². The van der Waals surface area contributed by atoms with E-state index in [4.69, 9.17) is 25.5 Å². The minimum Gasteiger partial charge on any atom is -0.431 e. The van der Waals surface area contributed by atoms with Gasteiger partial charge in [0.1, 0.15) is 6.26 Å². The Morgan fingerprint density at radius 2 is 1.88 bits per heavy atom. The first-order valence-electron chi connectivity index (χ1n) is 11.4. The third kappa shape index (κ3) is 4.42. The summed E-state index contributed by atoms with van der Waals surface area (Å²) in [6.07, 6.45) is 6.56. The van der Waals surface area contributed by atoms with Gasteiger partial charge in [-0.15, -0.1) is 0 Å². The Bertz CT molecular complexity index is 1180. The number of hydrogen-bond donors (Lipinski definition) is 2. The molecule has 1 unspecified atom stereocenters. The summed E-state index contributed by atoms with van der Waals surface area (Å²) in [5, 5.41) is 4.13. The molecule has 1 atom stereocenters. The van der Waals surface area contributed by atoms with Gasteiger partial charge in [0.2, 0.25) is 0 Å². The maximum Gasteiger partial charge on any atom is 0.304 e. The van der Waals surface area contributed by atoms with E-state index < -0.39 is 22.2 Å². The average Bonchev–Trinajstić information content (AvgIpc) is 3.57. The Kier molecular flexibility index (Phi) is 6.56. The van der Waals surface area contributed by atoms with Crippen LogP contribution < -0.4 is 10.0 Å².